The number of benzene rings is 1. The lowest BCUT2D eigenvalue weighted by molar-refractivity contribution is 0.173. The first-order chi connectivity index (χ1) is 9.10. The van der Waals surface area contributed by atoms with Crippen molar-refractivity contribution in [3.8, 4) is 5.75 Å². The fourth-order valence-electron chi connectivity index (χ4n) is 1.75. The van der Waals surface area contributed by atoms with Gasteiger partial charge < -0.3 is 9.84 Å². The fourth-order valence-corrected chi connectivity index (χ4v) is 2.45. The van der Waals surface area contributed by atoms with Crippen LogP contribution in [0.2, 0.25) is 5.02 Å². The number of nitrogens with zero attached hydrogens (tertiary/aromatic N) is 1. The summed E-state index contributed by atoms with van der Waals surface area (Å²) in [5.74, 6) is 0.767. The van der Waals surface area contributed by atoms with Crippen LogP contribution in [-0.4, -0.2) is 17.2 Å². The second-order valence-corrected chi connectivity index (χ2v) is 5.38. The minimum atomic E-state index is -0.655. The molecule has 19 heavy (non-hydrogen) atoms. The lowest BCUT2D eigenvalue weighted by atomic mass is 10.1. The molecular formula is C14H13BrClNO2. The van der Waals surface area contributed by atoms with E-state index in [-0.39, 0.29) is 0 Å². The minimum Gasteiger partial charge on any atom is -0.496 e. The quantitative estimate of drug-likeness (QED) is 0.919. The maximum atomic E-state index is 10.1. The van der Waals surface area contributed by atoms with Gasteiger partial charge in [-0.25, -0.2) is 0 Å². The van der Waals surface area contributed by atoms with Crippen LogP contribution >= 0.6 is 27.5 Å². The largest absolute Gasteiger partial charge is 0.496 e. The molecule has 0 aliphatic rings. The Kier molecular flexibility index (Phi) is 4.80. The molecule has 2 aromatic rings. The number of halogens is 2. The Morgan fingerprint density at radius 3 is 2.74 bits per heavy atom. The van der Waals surface area contributed by atoms with E-state index < -0.39 is 6.10 Å². The Balaban J connectivity index is 2.12. The number of pyridine rings is 1. The Bertz CT molecular complexity index is 560. The molecule has 0 saturated heterocycles. The van der Waals surface area contributed by atoms with Crippen LogP contribution in [0.5, 0.6) is 5.75 Å². The summed E-state index contributed by atoms with van der Waals surface area (Å²) >= 11 is 9.19. The average molecular weight is 343 g/mol. The predicted molar refractivity (Wildman–Crippen MR) is 78.6 cm³/mol. The monoisotopic (exact) mass is 341 g/mol. The van der Waals surface area contributed by atoms with E-state index in [1.807, 2.05) is 18.2 Å². The SMILES string of the molecule is COc1ccc(CC(O)c2ccc(Cl)cn2)cc1Br. The average Bonchev–Trinajstić information content (AvgIpc) is 2.39. The van der Waals surface area contributed by atoms with Crippen LogP contribution < -0.4 is 4.74 Å². The Morgan fingerprint density at radius 1 is 1.37 bits per heavy atom. The Morgan fingerprint density at radius 2 is 2.16 bits per heavy atom. The van der Waals surface area contributed by atoms with Crippen LogP contribution in [0.3, 0.4) is 0 Å². The zero-order chi connectivity index (χ0) is 13.8. The molecule has 0 fully saturated rings. The number of aromatic nitrogens is 1. The highest BCUT2D eigenvalue weighted by atomic mass is 79.9. The van der Waals surface area contributed by atoms with Gasteiger partial charge in [0.2, 0.25) is 0 Å². The zero-order valence-corrected chi connectivity index (χ0v) is 12.6. The van der Waals surface area contributed by atoms with Gasteiger partial charge in [0.15, 0.2) is 0 Å². The zero-order valence-electron chi connectivity index (χ0n) is 10.3. The summed E-state index contributed by atoms with van der Waals surface area (Å²) in [4.78, 5) is 4.11. The first kappa shape index (κ1) is 14.3. The maximum absolute atomic E-state index is 10.1. The van der Waals surface area contributed by atoms with Crippen LogP contribution in [-0.2, 0) is 6.42 Å². The summed E-state index contributed by atoms with van der Waals surface area (Å²) in [5.41, 5.74) is 1.60. The number of methoxy groups -OCH3 is 1. The summed E-state index contributed by atoms with van der Waals surface area (Å²) in [5, 5.41) is 10.7. The van der Waals surface area contributed by atoms with Gasteiger partial charge in [-0.3, -0.25) is 4.98 Å². The molecule has 1 atom stereocenters. The Labute approximate surface area is 125 Å². The van der Waals surface area contributed by atoms with Crippen molar-refractivity contribution in [1.29, 1.82) is 0 Å². The van der Waals surface area contributed by atoms with Crippen molar-refractivity contribution in [3.05, 3.63) is 57.3 Å². The number of hydrogen-bond acceptors (Lipinski definition) is 3. The first-order valence-electron chi connectivity index (χ1n) is 5.72. The molecule has 0 saturated carbocycles. The number of rotatable bonds is 4. The summed E-state index contributed by atoms with van der Waals surface area (Å²) in [6, 6.07) is 9.16. The van der Waals surface area contributed by atoms with Gasteiger partial charge in [-0.2, -0.15) is 0 Å². The molecule has 5 heteroatoms. The van der Waals surface area contributed by atoms with Crippen molar-refractivity contribution in [2.24, 2.45) is 0 Å². The lowest BCUT2D eigenvalue weighted by Crippen LogP contribution is -2.04. The second-order valence-electron chi connectivity index (χ2n) is 4.09. The van der Waals surface area contributed by atoms with Crippen LogP contribution in [0.4, 0.5) is 0 Å². The topological polar surface area (TPSA) is 42.4 Å². The third kappa shape index (κ3) is 3.69. The summed E-state index contributed by atoms with van der Waals surface area (Å²) in [6.45, 7) is 0. The number of aliphatic hydroxyl groups is 1. The van der Waals surface area contributed by atoms with Crippen molar-refractivity contribution < 1.29 is 9.84 Å². The van der Waals surface area contributed by atoms with Crippen LogP contribution in [0.25, 0.3) is 0 Å². The van der Waals surface area contributed by atoms with Crippen molar-refractivity contribution in [3.63, 3.8) is 0 Å². The third-order valence-electron chi connectivity index (χ3n) is 2.74. The third-order valence-corrected chi connectivity index (χ3v) is 3.58. The standard InChI is InChI=1S/C14H13BrClNO2/c1-19-14-5-2-9(6-11(14)15)7-13(18)12-4-3-10(16)8-17-12/h2-6,8,13,18H,7H2,1H3. The van der Waals surface area contributed by atoms with E-state index in [1.165, 1.54) is 6.20 Å². The molecule has 0 radical (unpaired) electrons. The van der Waals surface area contributed by atoms with Crippen molar-refractivity contribution in [2.75, 3.05) is 7.11 Å². The van der Waals surface area contributed by atoms with Crippen molar-refractivity contribution in [2.45, 2.75) is 12.5 Å². The minimum absolute atomic E-state index is 0.483. The molecule has 0 spiro atoms. The van der Waals surface area contributed by atoms with E-state index in [4.69, 9.17) is 16.3 Å². The van der Waals surface area contributed by atoms with E-state index in [1.54, 1.807) is 19.2 Å². The van der Waals surface area contributed by atoms with E-state index in [2.05, 4.69) is 20.9 Å². The summed E-state index contributed by atoms with van der Waals surface area (Å²) in [6.07, 6.45) is 1.36. The summed E-state index contributed by atoms with van der Waals surface area (Å²) < 4.78 is 6.03. The van der Waals surface area contributed by atoms with Gasteiger partial charge in [-0.05, 0) is 45.8 Å². The van der Waals surface area contributed by atoms with Crippen LogP contribution in [0.1, 0.15) is 17.4 Å². The van der Waals surface area contributed by atoms with Crippen LogP contribution in [0, 0.1) is 0 Å². The van der Waals surface area contributed by atoms with E-state index in [0.717, 1.165) is 15.8 Å². The molecule has 0 aliphatic carbocycles. The van der Waals surface area contributed by atoms with Gasteiger partial charge in [-0.15, -0.1) is 0 Å². The molecule has 100 valence electrons. The highest BCUT2D eigenvalue weighted by Gasteiger charge is 2.11. The predicted octanol–water partition coefficient (Wildman–Crippen LogP) is 3.78. The normalized spacial score (nSPS) is 12.2. The molecule has 3 nitrogen and oxygen atoms in total. The molecule has 1 unspecified atom stereocenters. The smallest absolute Gasteiger partial charge is 0.133 e. The number of aliphatic hydroxyl groups excluding tert-OH is 1. The van der Waals surface area contributed by atoms with Gasteiger partial charge >= 0.3 is 0 Å². The van der Waals surface area contributed by atoms with Crippen molar-refractivity contribution >= 4 is 27.5 Å². The van der Waals surface area contributed by atoms with Gasteiger partial charge in [0.25, 0.3) is 0 Å². The number of hydrogen-bond donors (Lipinski definition) is 1. The molecular weight excluding hydrogens is 330 g/mol. The Hall–Kier alpha value is -1.10. The maximum Gasteiger partial charge on any atom is 0.133 e. The molecule has 0 aliphatic heterocycles. The van der Waals surface area contributed by atoms with E-state index in [9.17, 15) is 5.11 Å². The van der Waals surface area contributed by atoms with Gasteiger partial charge in [-0.1, -0.05) is 17.7 Å². The molecule has 1 aromatic heterocycles. The van der Waals surface area contributed by atoms with Gasteiger partial charge in [0, 0.05) is 12.6 Å². The molecule has 0 amide bonds. The van der Waals surface area contributed by atoms with Gasteiger partial charge in [0.1, 0.15) is 5.75 Å². The van der Waals surface area contributed by atoms with E-state index in [0.29, 0.717) is 17.1 Å². The second kappa shape index (κ2) is 6.37. The fraction of sp³-hybridized carbons (Fsp3) is 0.214. The van der Waals surface area contributed by atoms with Crippen molar-refractivity contribution in [1.82, 2.24) is 4.98 Å². The lowest BCUT2D eigenvalue weighted by Gasteiger charge is -2.11. The molecule has 0 bridgehead atoms. The van der Waals surface area contributed by atoms with E-state index >= 15 is 0 Å². The molecule has 1 aromatic carbocycles. The first-order valence-corrected chi connectivity index (χ1v) is 6.89. The highest BCUT2D eigenvalue weighted by molar-refractivity contribution is 9.10. The molecule has 1 heterocycles. The molecule has 1 N–H and O–H groups in total. The van der Waals surface area contributed by atoms with Gasteiger partial charge in [0.05, 0.1) is 28.4 Å². The van der Waals surface area contributed by atoms with Crippen LogP contribution in [0.15, 0.2) is 41.0 Å². The summed E-state index contributed by atoms with van der Waals surface area (Å²) in [7, 11) is 1.62. The molecule has 2 rings (SSSR count). The number of ether oxygens (including phenoxy) is 1. The highest BCUT2D eigenvalue weighted by Crippen LogP contribution is 2.27.